The Hall–Kier alpha value is -0.890. The van der Waals surface area contributed by atoms with Crippen LogP contribution in [-0.2, 0) is 6.18 Å². The van der Waals surface area contributed by atoms with E-state index in [9.17, 15) is 13.2 Å². The number of hydrogen-bond acceptors (Lipinski definition) is 5. The summed E-state index contributed by atoms with van der Waals surface area (Å²) in [5, 5.41) is 9.41. The van der Waals surface area contributed by atoms with Gasteiger partial charge in [-0.3, -0.25) is 0 Å². The van der Waals surface area contributed by atoms with Crippen molar-refractivity contribution in [2.24, 2.45) is 0 Å². The largest absolute Gasteiger partial charge is 0.445 e. The molecule has 1 unspecified atom stereocenters. The van der Waals surface area contributed by atoms with E-state index in [0.717, 1.165) is 13.1 Å². The summed E-state index contributed by atoms with van der Waals surface area (Å²) >= 11 is 0.601. The van der Waals surface area contributed by atoms with Crippen molar-refractivity contribution in [3.63, 3.8) is 0 Å². The highest BCUT2D eigenvalue weighted by atomic mass is 32.1. The molecule has 2 rings (SSSR count). The minimum atomic E-state index is -4.40. The Bertz CT molecular complexity index is 364. The lowest BCUT2D eigenvalue weighted by Gasteiger charge is -2.33. The van der Waals surface area contributed by atoms with Crippen LogP contribution in [0.5, 0.6) is 0 Å². The molecule has 16 heavy (non-hydrogen) atoms. The molecule has 1 saturated heterocycles. The van der Waals surface area contributed by atoms with E-state index in [1.807, 2.05) is 11.8 Å². The summed E-state index contributed by atoms with van der Waals surface area (Å²) in [6.45, 7) is 4.11. The van der Waals surface area contributed by atoms with Gasteiger partial charge in [-0.25, -0.2) is 0 Å². The van der Waals surface area contributed by atoms with E-state index in [1.54, 1.807) is 0 Å². The molecule has 1 aromatic rings. The second-order valence-corrected chi connectivity index (χ2v) is 4.59. The van der Waals surface area contributed by atoms with Gasteiger partial charge >= 0.3 is 6.18 Å². The molecule has 0 aliphatic carbocycles. The van der Waals surface area contributed by atoms with Gasteiger partial charge < -0.3 is 10.2 Å². The molecule has 90 valence electrons. The van der Waals surface area contributed by atoms with Crippen molar-refractivity contribution in [2.45, 2.75) is 19.1 Å². The van der Waals surface area contributed by atoms with Crippen molar-refractivity contribution in [1.82, 2.24) is 15.5 Å². The number of aromatic nitrogens is 2. The molecule has 4 nitrogen and oxygen atoms in total. The van der Waals surface area contributed by atoms with Crippen LogP contribution in [0.2, 0.25) is 0 Å². The lowest BCUT2D eigenvalue weighted by molar-refractivity contribution is -0.138. The fourth-order valence-electron chi connectivity index (χ4n) is 1.57. The molecule has 1 aliphatic rings. The highest BCUT2D eigenvalue weighted by molar-refractivity contribution is 7.15. The normalized spacial score (nSPS) is 22.5. The zero-order valence-corrected chi connectivity index (χ0v) is 9.40. The average Bonchev–Trinajstić information content (AvgIpc) is 2.66. The Morgan fingerprint density at radius 3 is 2.75 bits per heavy atom. The lowest BCUT2D eigenvalue weighted by Crippen LogP contribution is -2.49. The molecule has 8 heteroatoms. The fraction of sp³-hybridized carbons (Fsp3) is 0.750. The second kappa shape index (κ2) is 4.17. The molecule has 1 aliphatic heterocycles. The van der Waals surface area contributed by atoms with Gasteiger partial charge in [-0.05, 0) is 6.92 Å². The van der Waals surface area contributed by atoms with Crippen LogP contribution in [0.3, 0.4) is 0 Å². The van der Waals surface area contributed by atoms with E-state index in [-0.39, 0.29) is 6.04 Å². The van der Waals surface area contributed by atoms with Crippen molar-refractivity contribution in [3.05, 3.63) is 5.01 Å². The molecule has 1 atom stereocenters. The number of alkyl halides is 3. The quantitative estimate of drug-likeness (QED) is 0.819. The third-order valence-electron chi connectivity index (χ3n) is 2.40. The number of rotatable bonds is 1. The monoisotopic (exact) mass is 252 g/mol. The first kappa shape index (κ1) is 11.6. The first-order valence-electron chi connectivity index (χ1n) is 4.86. The lowest BCUT2D eigenvalue weighted by atomic mass is 10.2. The predicted octanol–water partition coefficient (Wildman–Crippen LogP) is 1.36. The molecular weight excluding hydrogens is 241 g/mol. The van der Waals surface area contributed by atoms with Crippen molar-refractivity contribution < 1.29 is 13.2 Å². The maximum absolute atomic E-state index is 12.3. The van der Waals surface area contributed by atoms with Crippen molar-refractivity contribution >= 4 is 16.5 Å². The maximum atomic E-state index is 12.3. The zero-order valence-electron chi connectivity index (χ0n) is 8.58. The van der Waals surface area contributed by atoms with Gasteiger partial charge in [-0.15, -0.1) is 10.2 Å². The molecule has 0 radical (unpaired) electrons. The number of halogens is 3. The van der Waals surface area contributed by atoms with Crippen LogP contribution in [0.4, 0.5) is 18.3 Å². The molecule has 1 aromatic heterocycles. The van der Waals surface area contributed by atoms with Crippen LogP contribution in [0.25, 0.3) is 0 Å². The van der Waals surface area contributed by atoms with Gasteiger partial charge in [0, 0.05) is 25.7 Å². The number of nitrogens with zero attached hydrogens (tertiary/aromatic N) is 3. The van der Waals surface area contributed by atoms with E-state index in [0.29, 0.717) is 23.0 Å². The highest BCUT2D eigenvalue weighted by Gasteiger charge is 2.36. The Balaban J connectivity index is 2.18. The Labute approximate surface area is 94.5 Å². The number of anilines is 1. The second-order valence-electron chi connectivity index (χ2n) is 3.63. The maximum Gasteiger partial charge on any atom is 0.445 e. The predicted molar refractivity (Wildman–Crippen MR) is 54.6 cm³/mol. The molecule has 0 aromatic carbocycles. The Morgan fingerprint density at radius 1 is 1.44 bits per heavy atom. The summed E-state index contributed by atoms with van der Waals surface area (Å²) in [5.74, 6) is 0. The number of piperazine rings is 1. The van der Waals surface area contributed by atoms with E-state index in [2.05, 4.69) is 15.5 Å². The van der Waals surface area contributed by atoms with Gasteiger partial charge in [0.25, 0.3) is 0 Å². The first-order valence-corrected chi connectivity index (χ1v) is 5.68. The van der Waals surface area contributed by atoms with E-state index in [4.69, 9.17) is 0 Å². The minimum absolute atomic E-state index is 0.141. The van der Waals surface area contributed by atoms with Gasteiger partial charge in [0.05, 0.1) is 0 Å². The summed E-state index contributed by atoms with van der Waals surface area (Å²) in [6.07, 6.45) is -4.40. The summed E-state index contributed by atoms with van der Waals surface area (Å²) in [4.78, 5) is 1.85. The molecule has 1 fully saturated rings. The van der Waals surface area contributed by atoms with Gasteiger partial charge in [-0.2, -0.15) is 13.2 Å². The molecule has 2 heterocycles. The van der Waals surface area contributed by atoms with E-state index >= 15 is 0 Å². The van der Waals surface area contributed by atoms with Crippen LogP contribution in [0.15, 0.2) is 0 Å². The SMILES string of the molecule is CC1CNCCN1c1nnc(C(F)(F)F)s1. The highest BCUT2D eigenvalue weighted by Crippen LogP contribution is 2.34. The van der Waals surface area contributed by atoms with Crippen molar-refractivity contribution in [3.8, 4) is 0 Å². The van der Waals surface area contributed by atoms with Gasteiger partial charge in [0.1, 0.15) is 0 Å². The zero-order chi connectivity index (χ0) is 11.8. The van der Waals surface area contributed by atoms with Crippen LogP contribution in [0, 0.1) is 0 Å². The molecule has 0 amide bonds. The molecule has 0 bridgehead atoms. The van der Waals surface area contributed by atoms with E-state index in [1.165, 1.54) is 0 Å². The van der Waals surface area contributed by atoms with Crippen LogP contribution < -0.4 is 10.2 Å². The number of hydrogen-bond donors (Lipinski definition) is 1. The summed E-state index contributed by atoms with van der Waals surface area (Å²) in [7, 11) is 0. The molecular formula is C8H11F3N4S. The van der Waals surface area contributed by atoms with Gasteiger partial charge in [-0.1, -0.05) is 11.3 Å². The van der Waals surface area contributed by atoms with Crippen LogP contribution >= 0.6 is 11.3 Å². The summed E-state index contributed by atoms with van der Waals surface area (Å²) in [5.41, 5.74) is 0. The van der Waals surface area contributed by atoms with Gasteiger partial charge in [0.15, 0.2) is 0 Å². The minimum Gasteiger partial charge on any atom is -0.341 e. The topological polar surface area (TPSA) is 41.0 Å². The van der Waals surface area contributed by atoms with Crippen molar-refractivity contribution in [2.75, 3.05) is 24.5 Å². The summed E-state index contributed by atoms with van der Waals surface area (Å²) in [6, 6.07) is 0.141. The van der Waals surface area contributed by atoms with Crippen LogP contribution in [0.1, 0.15) is 11.9 Å². The summed E-state index contributed by atoms with van der Waals surface area (Å²) < 4.78 is 37.0. The smallest absolute Gasteiger partial charge is 0.341 e. The average molecular weight is 252 g/mol. The Kier molecular flexibility index (Phi) is 3.02. The Morgan fingerprint density at radius 2 is 2.19 bits per heavy atom. The first-order chi connectivity index (χ1) is 7.48. The standard InChI is InChI=1S/C8H11F3N4S/c1-5-4-12-2-3-15(5)7-14-13-6(16-7)8(9,10)11/h5,12H,2-4H2,1H3. The number of nitrogens with one attached hydrogen (secondary N) is 1. The van der Waals surface area contributed by atoms with Crippen molar-refractivity contribution in [1.29, 1.82) is 0 Å². The van der Waals surface area contributed by atoms with E-state index < -0.39 is 11.2 Å². The molecule has 0 spiro atoms. The third-order valence-corrected chi connectivity index (χ3v) is 3.41. The third kappa shape index (κ3) is 2.27. The fourth-order valence-corrected chi connectivity index (χ4v) is 2.41. The molecule has 1 N–H and O–H groups in total. The van der Waals surface area contributed by atoms with Crippen LogP contribution in [-0.4, -0.2) is 35.9 Å². The molecule has 0 saturated carbocycles. The van der Waals surface area contributed by atoms with Gasteiger partial charge in [0.2, 0.25) is 10.1 Å².